The van der Waals surface area contributed by atoms with Crippen LogP contribution in [0.3, 0.4) is 0 Å². The van der Waals surface area contributed by atoms with E-state index >= 15 is 0 Å². The summed E-state index contributed by atoms with van der Waals surface area (Å²) in [4.78, 5) is 38.7. The third kappa shape index (κ3) is 3.20. The Kier molecular flexibility index (Phi) is 6.05. The van der Waals surface area contributed by atoms with Gasteiger partial charge in [-0.25, -0.2) is 9.00 Å². The molecule has 9 nitrogen and oxygen atoms in total. The van der Waals surface area contributed by atoms with Crippen molar-refractivity contribution < 1.29 is 33.2 Å². The molecule has 12 heteroatoms. The van der Waals surface area contributed by atoms with Gasteiger partial charge in [-0.15, -0.1) is 23.1 Å². The number of thiophene rings is 1. The van der Waals surface area contributed by atoms with Crippen LogP contribution < -0.4 is 5.32 Å². The highest BCUT2D eigenvalue weighted by Gasteiger charge is 2.66. The smallest absolute Gasteiger partial charge is 0.352 e. The molecule has 2 aliphatic heterocycles. The van der Waals surface area contributed by atoms with E-state index in [1.54, 1.807) is 17.5 Å². The molecule has 1 aromatic heterocycles. The minimum atomic E-state index is -1.75. The highest BCUT2D eigenvalue weighted by atomic mass is 32.2. The first-order chi connectivity index (χ1) is 13.4. The van der Waals surface area contributed by atoms with Crippen LogP contribution in [-0.4, -0.2) is 74.5 Å². The first kappa shape index (κ1) is 20.7. The van der Waals surface area contributed by atoms with Crippen LogP contribution in [0, 0.1) is 0 Å². The summed E-state index contributed by atoms with van der Waals surface area (Å²) < 4.78 is 21.8. The number of carboxylic acids is 1. The van der Waals surface area contributed by atoms with E-state index in [1.807, 2.05) is 0 Å². The number of carboxylic acid groups (broad SMARTS) is 1. The van der Waals surface area contributed by atoms with Gasteiger partial charge in [0.15, 0.2) is 0 Å². The number of β-lactam (4-membered cyclic amide) rings is 1. The van der Waals surface area contributed by atoms with Crippen LogP contribution in [0.25, 0.3) is 0 Å². The van der Waals surface area contributed by atoms with Crippen molar-refractivity contribution in [2.24, 2.45) is 0 Å². The van der Waals surface area contributed by atoms with Crippen molar-refractivity contribution in [2.75, 3.05) is 26.6 Å². The van der Waals surface area contributed by atoms with E-state index in [2.05, 4.69) is 5.32 Å². The molecular formula is C16H16N2O7S3. The topological polar surface area (TPSA) is 122 Å². The van der Waals surface area contributed by atoms with E-state index < -0.39 is 28.9 Å². The van der Waals surface area contributed by atoms with Gasteiger partial charge in [0, 0.05) is 20.0 Å². The van der Waals surface area contributed by atoms with Crippen LogP contribution in [0.5, 0.6) is 0 Å². The van der Waals surface area contributed by atoms with Gasteiger partial charge in [0.05, 0.1) is 11.5 Å². The molecule has 28 heavy (non-hydrogen) atoms. The summed E-state index contributed by atoms with van der Waals surface area (Å²) in [5.74, 6) is -2.43. The van der Waals surface area contributed by atoms with Gasteiger partial charge in [0.2, 0.25) is 0 Å². The number of nitrogens with zero attached hydrogens (tertiary/aromatic N) is 1. The summed E-state index contributed by atoms with van der Waals surface area (Å²) in [6, 6.07) is 3.32. The number of amides is 2. The van der Waals surface area contributed by atoms with Crippen LogP contribution in [0.1, 0.15) is 4.88 Å². The number of methoxy groups -OCH3 is 2. The van der Waals surface area contributed by atoms with Gasteiger partial charge in [0.25, 0.3) is 17.5 Å². The number of nitrogens with one attached hydrogen (secondary N) is 1. The van der Waals surface area contributed by atoms with E-state index in [1.165, 1.54) is 37.3 Å². The zero-order valence-corrected chi connectivity index (χ0v) is 17.2. The molecule has 0 aliphatic carbocycles. The molecule has 3 heterocycles. The lowest BCUT2D eigenvalue weighted by molar-refractivity contribution is -0.191. The minimum absolute atomic E-state index is 0.0223. The van der Waals surface area contributed by atoms with E-state index in [-0.39, 0.29) is 28.4 Å². The number of aliphatic carboxylic acids is 1. The van der Waals surface area contributed by atoms with Crippen LogP contribution in [0.15, 0.2) is 28.8 Å². The van der Waals surface area contributed by atoms with Crippen molar-refractivity contribution in [3.8, 4) is 0 Å². The number of fused-ring (bicyclic) bond motifs is 1. The Hall–Kier alpha value is -1.99. The molecule has 0 unspecified atom stereocenters. The number of hydrogen-bond donors (Lipinski definition) is 2. The lowest BCUT2D eigenvalue weighted by atomic mass is 9.98. The predicted molar refractivity (Wildman–Crippen MR) is 104 cm³/mol. The molecule has 0 spiro atoms. The summed E-state index contributed by atoms with van der Waals surface area (Å²) in [6.45, 7) is 0.0700. The van der Waals surface area contributed by atoms with Crippen LogP contribution in [0.2, 0.25) is 0 Å². The predicted octanol–water partition coefficient (Wildman–Crippen LogP) is -0.159. The lowest BCUT2D eigenvalue weighted by Gasteiger charge is -2.55. The second-order valence-corrected chi connectivity index (χ2v) is 8.40. The van der Waals surface area contributed by atoms with Gasteiger partial charge in [-0.1, -0.05) is 6.07 Å². The third-order valence-electron chi connectivity index (χ3n) is 4.29. The second-order valence-electron chi connectivity index (χ2n) is 5.81. The molecule has 1 aromatic rings. The number of hydrogen-bond acceptors (Lipinski definition) is 8. The molecule has 1 saturated heterocycles. The molecule has 0 saturated carbocycles. The molecule has 2 N–H and O–H groups in total. The number of thioether (sulfide) groups is 1. The number of carbonyl (C=O) groups is 3. The molecule has 2 atom stereocenters. The summed E-state index contributed by atoms with van der Waals surface area (Å²) in [5, 5.41) is 13.0. The molecule has 2 aliphatic rings. The standard InChI is InChI=1S/C16H16N2O7S3/c1-24-6-8-7-27-15-16(25-2,14(22)18(15)10(8)13(20)21)17-12(19)11(28-23)9-4-3-5-26-9/h3-5,15H,6-7H2,1-2H3,(H,17,19)(H,20,21)/t15-,16+/m1/s1. The molecule has 0 aromatic carbocycles. The van der Waals surface area contributed by atoms with Crippen molar-refractivity contribution in [3.63, 3.8) is 0 Å². The molecule has 150 valence electrons. The average Bonchev–Trinajstić information content (AvgIpc) is 3.20. The number of carbonyl (C=O) groups excluding carboxylic acids is 2. The summed E-state index contributed by atoms with van der Waals surface area (Å²) in [7, 11) is 2.68. The fourth-order valence-corrected chi connectivity index (χ4v) is 5.66. The Bertz CT molecular complexity index is 907. The van der Waals surface area contributed by atoms with E-state index in [9.17, 15) is 23.7 Å². The van der Waals surface area contributed by atoms with Crippen molar-refractivity contribution in [1.82, 2.24) is 10.2 Å². The molecular weight excluding hydrogens is 428 g/mol. The van der Waals surface area contributed by atoms with Gasteiger partial charge < -0.3 is 19.9 Å². The lowest BCUT2D eigenvalue weighted by Crippen LogP contribution is -2.81. The Morgan fingerprint density at radius 1 is 1.46 bits per heavy atom. The zero-order chi connectivity index (χ0) is 20.5. The highest BCUT2D eigenvalue weighted by molar-refractivity contribution is 8.00. The van der Waals surface area contributed by atoms with Crippen LogP contribution in [0.4, 0.5) is 0 Å². The minimum Gasteiger partial charge on any atom is -0.477 e. The van der Waals surface area contributed by atoms with Crippen molar-refractivity contribution in [3.05, 3.63) is 33.7 Å². The van der Waals surface area contributed by atoms with Crippen LogP contribution in [-0.2, 0) is 35.1 Å². The van der Waals surface area contributed by atoms with Gasteiger partial charge in [0.1, 0.15) is 27.2 Å². The maximum atomic E-state index is 12.9. The Morgan fingerprint density at radius 2 is 2.21 bits per heavy atom. The van der Waals surface area contributed by atoms with Gasteiger partial charge in [-0.2, -0.15) is 0 Å². The Balaban J connectivity index is 1.90. The van der Waals surface area contributed by atoms with E-state index in [0.717, 1.165) is 4.90 Å². The zero-order valence-electron chi connectivity index (χ0n) is 14.8. The normalized spacial score (nSPS) is 23.7. The van der Waals surface area contributed by atoms with Crippen molar-refractivity contribution in [2.45, 2.75) is 11.1 Å². The molecule has 0 bridgehead atoms. The molecule has 3 rings (SSSR count). The maximum absolute atomic E-state index is 12.9. The SMILES string of the molecule is COCC1=C(C(=O)O)N2C(=O)[C@](NC(=O)C(=S=O)c3cccs3)(OC)[C@H]2SC1. The molecule has 0 radical (unpaired) electrons. The Morgan fingerprint density at radius 3 is 2.75 bits per heavy atom. The molecule has 1 fully saturated rings. The van der Waals surface area contributed by atoms with Gasteiger partial charge in [-0.05, 0) is 17.0 Å². The maximum Gasteiger partial charge on any atom is 0.352 e. The van der Waals surface area contributed by atoms with Crippen molar-refractivity contribution >= 4 is 57.0 Å². The van der Waals surface area contributed by atoms with E-state index in [0.29, 0.717) is 16.2 Å². The average molecular weight is 445 g/mol. The number of rotatable bonds is 7. The highest BCUT2D eigenvalue weighted by Crippen LogP contribution is 2.46. The fourth-order valence-electron chi connectivity index (χ4n) is 3.05. The third-order valence-corrected chi connectivity index (χ3v) is 7.25. The summed E-state index contributed by atoms with van der Waals surface area (Å²) in [6.07, 6.45) is 0. The molecule has 2 amide bonds. The first-order valence-electron chi connectivity index (χ1n) is 7.89. The fraction of sp³-hybridized carbons (Fsp3) is 0.375. The second kappa shape index (κ2) is 8.17. The Labute approximate surface area is 171 Å². The first-order valence-corrected chi connectivity index (χ1v) is 10.6. The number of ether oxygens (including phenoxy) is 2. The van der Waals surface area contributed by atoms with Gasteiger partial charge >= 0.3 is 5.97 Å². The largest absolute Gasteiger partial charge is 0.477 e. The van der Waals surface area contributed by atoms with Crippen molar-refractivity contribution in [1.29, 1.82) is 0 Å². The van der Waals surface area contributed by atoms with Crippen LogP contribution >= 0.6 is 23.1 Å². The summed E-state index contributed by atoms with van der Waals surface area (Å²) >= 11 is 2.49. The van der Waals surface area contributed by atoms with E-state index in [4.69, 9.17) is 9.47 Å². The monoisotopic (exact) mass is 444 g/mol. The quantitative estimate of drug-likeness (QED) is 0.258. The van der Waals surface area contributed by atoms with Gasteiger partial charge in [-0.3, -0.25) is 14.5 Å². The summed E-state index contributed by atoms with van der Waals surface area (Å²) in [5.41, 5.74) is -1.46.